The SMILES string of the molecule is CCN(C(=O)N1CCCC(C)C1)C1CCNCC1. The van der Waals surface area contributed by atoms with Crippen molar-refractivity contribution in [2.75, 3.05) is 32.7 Å². The largest absolute Gasteiger partial charge is 0.324 e. The number of rotatable bonds is 2. The highest BCUT2D eigenvalue weighted by Crippen LogP contribution is 2.19. The van der Waals surface area contributed by atoms with Crippen LogP contribution in [0.2, 0.25) is 0 Å². The number of nitrogens with zero attached hydrogens (tertiary/aromatic N) is 2. The number of carbonyl (C=O) groups excluding carboxylic acids is 1. The van der Waals surface area contributed by atoms with Crippen molar-refractivity contribution >= 4 is 6.03 Å². The Morgan fingerprint density at radius 1 is 1.33 bits per heavy atom. The molecule has 0 spiro atoms. The molecule has 2 aliphatic heterocycles. The van der Waals surface area contributed by atoms with Crippen LogP contribution < -0.4 is 5.32 Å². The zero-order chi connectivity index (χ0) is 13.0. The molecular formula is C14H27N3O. The summed E-state index contributed by atoms with van der Waals surface area (Å²) in [6.07, 6.45) is 4.63. The van der Waals surface area contributed by atoms with Crippen molar-refractivity contribution in [3.63, 3.8) is 0 Å². The summed E-state index contributed by atoms with van der Waals surface area (Å²) in [6.45, 7) is 9.18. The van der Waals surface area contributed by atoms with Crippen LogP contribution in [0.4, 0.5) is 4.79 Å². The third kappa shape index (κ3) is 3.16. The summed E-state index contributed by atoms with van der Waals surface area (Å²) in [5.74, 6) is 0.662. The van der Waals surface area contributed by atoms with Gasteiger partial charge in [0.05, 0.1) is 0 Å². The molecule has 2 fully saturated rings. The topological polar surface area (TPSA) is 35.6 Å². The van der Waals surface area contributed by atoms with E-state index in [1.165, 1.54) is 6.42 Å². The predicted octanol–water partition coefficient (Wildman–Crippen LogP) is 1.91. The minimum Gasteiger partial charge on any atom is -0.324 e. The maximum atomic E-state index is 12.6. The van der Waals surface area contributed by atoms with Crippen LogP contribution in [0.3, 0.4) is 0 Å². The zero-order valence-corrected chi connectivity index (χ0v) is 11.8. The maximum absolute atomic E-state index is 12.6. The van der Waals surface area contributed by atoms with E-state index in [0.29, 0.717) is 12.0 Å². The first-order chi connectivity index (χ1) is 8.72. The summed E-state index contributed by atoms with van der Waals surface area (Å²) in [4.78, 5) is 16.8. The molecule has 2 amide bonds. The summed E-state index contributed by atoms with van der Waals surface area (Å²) >= 11 is 0. The molecule has 1 atom stereocenters. The second-order valence-electron chi connectivity index (χ2n) is 5.74. The molecule has 4 heteroatoms. The molecule has 4 nitrogen and oxygen atoms in total. The van der Waals surface area contributed by atoms with Gasteiger partial charge in [0.25, 0.3) is 0 Å². The van der Waals surface area contributed by atoms with Gasteiger partial charge in [0, 0.05) is 25.7 Å². The number of urea groups is 1. The lowest BCUT2D eigenvalue weighted by Gasteiger charge is -2.40. The lowest BCUT2D eigenvalue weighted by Crippen LogP contribution is -2.53. The van der Waals surface area contributed by atoms with E-state index in [9.17, 15) is 4.79 Å². The maximum Gasteiger partial charge on any atom is 0.320 e. The van der Waals surface area contributed by atoms with Gasteiger partial charge in [-0.1, -0.05) is 6.92 Å². The van der Waals surface area contributed by atoms with Gasteiger partial charge in [-0.3, -0.25) is 0 Å². The molecule has 0 aliphatic carbocycles. The Kier molecular flexibility index (Phi) is 4.87. The molecule has 0 aromatic heterocycles. The molecule has 1 unspecified atom stereocenters. The van der Waals surface area contributed by atoms with E-state index >= 15 is 0 Å². The average Bonchev–Trinajstić information content (AvgIpc) is 2.41. The molecule has 0 saturated carbocycles. The van der Waals surface area contributed by atoms with Crippen molar-refractivity contribution in [1.82, 2.24) is 15.1 Å². The van der Waals surface area contributed by atoms with Crippen LogP contribution in [0, 0.1) is 5.92 Å². The summed E-state index contributed by atoms with van der Waals surface area (Å²) in [5.41, 5.74) is 0. The molecule has 0 aromatic carbocycles. The average molecular weight is 253 g/mol. The Morgan fingerprint density at radius 3 is 2.67 bits per heavy atom. The standard InChI is InChI=1S/C14H27N3O/c1-3-17(13-6-8-15-9-7-13)14(18)16-10-4-5-12(2)11-16/h12-13,15H,3-11H2,1-2H3. The Bertz CT molecular complexity index is 276. The Morgan fingerprint density at radius 2 is 2.06 bits per heavy atom. The van der Waals surface area contributed by atoms with E-state index in [1.54, 1.807) is 0 Å². The van der Waals surface area contributed by atoms with E-state index in [4.69, 9.17) is 0 Å². The Hall–Kier alpha value is -0.770. The highest BCUT2D eigenvalue weighted by Gasteiger charge is 2.29. The Labute approximate surface area is 111 Å². The molecule has 0 radical (unpaired) electrons. The van der Waals surface area contributed by atoms with E-state index < -0.39 is 0 Å². The molecule has 2 saturated heterocycles. The number of piperidine rings is 2. The van der Waals surface area contributed by atoms with Gasteiger partial charge in [-0.05, 0) is 51.6 Å². The molecule has 2 rings (SSSR count). The van der Waals surface area contributed by atoms with E-state index in [-0.39, 0.29) is 6.03 Å². The summed E-state index contributed by atoms with van der Waals surface area (Å²) in [5, 5.41) is 3.37. The van der Waals surface area contributed by atoms with Gasteiger partial charge in [0.15, 0.2) is 0 Å². The molecule has 2 heterocycles. The fraction of sp³-hybridized carbons (Fsp3) is 0.929. The second-order valence-corrected chi connectivity index (χ2v) is 5.74. The first kappa shape index (κ1) is 13.7. The van der Waals surface area contributed by atoms with Crippen molar-refractivity contribution in [2.24, 2.45) is 5.92 Å². The summed E-state index contributed by atoms with van der Waals surface area (Å²) in [6, 6.07) is 0.719. The lowest BCUT2D eigenvalue weighted by atomic mass is 10.0. The van der Waals surface area contributed by atoms with E-state index in [0.717, 1.165) is 52.0 Å². The first-order valence-corrected chi connectivity index (χ1v) is 7.48. The number of nitrogens with one attached hydrogen (secondary N) is 1. The fourth-order valence-electron chi connectivity index (χ4n) is 3.21. The molecule has 0 bridgehead atoms. The van der Waals surface area contributed by atoms with Gasteiger partial charge >= 0.3 is 6.03 Å². The lowest BCUT2D eigenvalue weighted by molar-refractivity contribution is 0.109. The number of hydrogen-bond donors (Lipinski definition) is 1. The summed E-state index contributed by atoms with van der Waals surface area (Å²) in [7, 11) is 0. The zero-order valence-electron chi connectivity index (χ0n) is 11.8. The highest BCUT2D eigenvalue weighted by atomic mass is 16.2. The van der Waals surface area contributed by atoms with Crippen LogP contribution in [-0.4, -0.2) is 54.6 Å². The van der Waals surface area contributed by atoms with Crippen molar-refractivity contribution in [3.8, 4) is 0 Å². The Balaban J connectivity index is 1.95. The second kappa shape index (κ2) is 6.41. The van der Waals surface area contributed by atoms with Gasteiger partial charge < -0.3 is 15.1 Å². The fourth-order valence-corrected chi connectivity index (χ4v) is 3.21. The number of amides is 2. The normalized spacial score (nSPS) is 26.1. The van der Waals surface area contributed by atoms with E-state index in [1.807, 2.05) is 0 Å². The molecule has 1 N–H and O–H groups in total. The van der Waals surface area contributed by atoms with Crippen LogP contribution in [-0.2, 0) is 0 Å². The van der Waals surface area contributed by atoms with Crippen molar-refractivity contribution in [2.45, 2.75) is 45.6 Å². The third-order valence-corrected chi connectivity index (χ3v) is 4.26. The molecule has 104 valence electrons. The number of likely N-dealkylation sites (tertiary alicyclic amines) is 1. The highest BCUT2D eigenvalue weighted by molar-refractivity contribution is 5.75. The van der Waals surface area contributed by atoms with Crippen molar-refractivity contribution in [1.29, 1.82) is 0 Å². The molecule has 2 aliphatic rings. The van der Waals surface area contributed by atoms with Gasteiger partial charge in [-0.25, -0.2) is 4.79 Å². The van der Waals surface area contributed by atoms with E-state index in [2.05, 4.69) is 29.0 Å². The smallest absolute Gasteiger partial charge is 0.320 e. The number of hydrogen-bond acceptors (Lipinski definition) is 2. The van der Waals surface area contributed by atoms with Crippen molar-refractivity contribution in [3.05, 3.63) is 0 Å². The minimum absolute atomic E-state index is 0.274. The van der Waals surface area contributed by atoms with Crippen molar-refractivity contribution < 1.29 is 4.79 Å². The third-order valence-electron chi connectivity index (χ3n) is 4.26. The molecule has 18 heavy (non-hydrogen) atoms. The van der Waals surface area contributed by atoms with Gasteiger partial charge in [-0.2, -0.15) is 0 Å². The minimum atomic E-state index is 0.274. The van der Waals surface area contributed by atoms with Gasteiger partial charge in [-0.15, -0.1) is 0 Å². The summed E-state index contributed by atoms with van der Waals surface area (Å²) < 4.78 is 0. The van der Waals surface area contributed by atoms with Gasteiger partial charge in [0.2, 0.25) is 0 Å². The van der Waals surface area contributed by atoms with Crippen LogP contribution in [0.25, 0.3) is 0 Å². The number of carbonyl (C=O) groups is 1. The van der Waals surface area contributed by atoms with Crippen LogP contribution in [0.5, 0.6) is 0 Å². The quantitative estimate of drug-likeness (QED) is 0.816. The van der Waals surface area contributed by atoms with Crippen LogP contribution >= 0.6 is 0 Å². The first-order valence-electron chi connectivity index (χ1n) is 7.48. The molecule has 0 aromatic rings. The van der Waals surface area contributed by atoms with Crippen LogP contribution in [0.1, 0.15) is 39.5 Å². The van der Waals surface area contributed by atoms with Gasteiger partial charge in [0.1, 0.15) is 0 Å². The predicted molar refractivity (Wildman–Crippen MR) is 73.6 cm³/mol. The molecular weight excluding hydrogens is 226 g/mol. The monoisotopic (exact) mass is 253 g/mol. The van der Waals surface area contributed by atoms with Crippen LogP contribution in [0.15, 0.2) is 0 Å².